The van der Waals surface area contributed by atoms with Gasteiger partial charge in [0, 0.05) is 7.11 Å². The van der Waals surface area contributed by atoms with E-state index in [1.807, 2.05) is 0 Å². The first-order chi connectivity index (χ1) is 7.38. The second kappa shape index (κ2) is 7.02. The van der Waals surface area contributed by atoms with E-state index in [1.165, 1.54) is 14.0 Å². The number of carbonyl (C=O) groups is 2. The van der Waals surface area contributed by atoms with E-state index in [1.54, 1.807) is 6.92 Å². The minimum Gasteiger partial charge on any atom is -0.480 e. The molecule has 16 heavy (non-hydrogen) atoms. The summed E-state index contributed by atoms with van der Waals surface area (Å²) in [5, 5.41) is 22.4. The van der Waals surface area contributed by atoms with Crippen LogP contribution in [0.3, 0.4) is 0 Å². The Morgan fingerprint density at radius 2 is 1.88 bits per heavy atom. The van der Waals surface area contributed by atoms with E-state index in [-0.39, 0.29) is 6.04 Å². The van der Waals surface area contributed by atoms with Gasteiger partial charge in [-0.15, -0.1) is 0 Å². The number of amides is 2. The van der Waals surface area contributed by atoms with Crippen LogP contribution in [0.15, 0.2) is 0 Å². The van der Waals surface area contributed by atoms with Gasteiger partial charge < -0.3 is 25.6 Å². The van der Waals surface area contributed by atoms with Crippen molar-refractivity contribution < 1.29 is 24.5 Å². The molecule has 0 heterocycles. The number of ether oxygens (including phenoxy) is 1. The molecule has 4 N–H and O–H groups in total. The number of methoxy groups -OCH3 is 1. The van der Waals surface area contributed by atoms with Crippen molar-refractivity contribution in [3.05, 3.63) is 0 Å². The van der Waals surface area contributed by atoms with Crippen molar-refractivity contribution in [2.45, 2.75) is 32.0 Å². The van der Waals surface area contributed by atoms with Crippen LogP contribution in [0.1, 0.15) is 13.8 Å². The Labute approximate surface area is 93.8 Å². The van der Waals surface area contributed by atoms with Crippen molar-refractivity contribution >= 4 is 12.0 Å². The monoisotopic (exact) mass is 234 g/mol. The zero-order valence-electron chi connectivity index (χ0n) is 9.56. The van der Waals surface area contributed by atoms with Gasteiger partial charge in [0.1, 0.15) is 0 Å². The largest absolute Gasteiger partial charge is 0.480 e. The van der Waals surface area contributed by atoms with E-state index in [0.717, 1.165) is 0 Å². The zero-order valence-corrected chi connectivity index (χ0v) is 9.56. The first-order valence-electron chi connectivity index (χ1n) is 4.85. The number of urea groups is 1. The number of carboxylic acids is 1. The maximum Gasteiger partial charge on any atom is 0.328 e. The molecule has 0 aromatic carbocycles. The Morgan fingerprint density at radius 3 is 2.25 bits per heavy atom. The van der Waals surface area contributed by atoms with Gasteiger partial charge in [0.15, 0.2) is 6.04 Å². The molecule has 7 nitrogen and oxygen atoms in total. The lowest BCUT2D eigenvalue weighted by atomic mass is 10.2. The molecule has 3 unspecified atom stereocenters. The van der Waals surface area contributed by atoms with Crippen molar-refractivity contribution in [1.82, 2.24) is 10.6 Å². The van der Waals surface area contributed by atoms with Crippen LogP contribution in [0, 0.1) is 0 Å². The van der Waals surface area contributed by atoms with E-state index in [2.05, 4.69) is 10.6 Å². The van der Waals surface area contributed by atoms with Gasteiger partial charge in [0.05, 0.1) is 18.8 Å². The van der Waals surface area contributed by atoms with Crippen LogP contribution in [0.2, 0.25) is 0 Å². The number of aliphatic hydroxyl groups is 1. The molecule has 0 spiro atoms. The van der Waals surface area contributed by atoms with E-state index >= 15 is 0 Å². The Bertz CT molecular complexity index is 244. The second-order valence-electron chi connectivity index (χ2n) is 3.53. The standard InChI is InChI=1S/C9H18N2O5/c1-5(4-16-3)10-9(15)11-7(6(2)12)8(13)14/h5-7,12H,4H2,1-3H3,(H,13,14)(H2,10,11,15). The molecule has 7 heteroatoms. The number of nitrogens with one attached hydrogen (secondary N) is 2. The van der Waals surface area contributed by atoms with E-state index in [9.17, 15) is 9.59 Å². The Morgan fingerprint density at radius 1 is 1.31 bits per heavy atom. The fourth-order valence-electron chi connectivity index (χ4n) is 1.09. The van der Waals surface area contributed by atoms with Crippen LogP contribution < -0.4 is 10.6 Å². The summed E-state index contributed by atoms with van der Waals surface area (Å²) in [6.45, 7) is 3.32. The molecule has 94 valence electrons. The first-order valence-corrected chi connectivity index (χ1v) is 4.85. The predicted octanol–water partition coefficient (Wildman–Crippen LogP) is -0.845. The van der Waals surface area contributed by atoms with Crippen LogP contribution >= 0.6 is 0 Å². The third kappa shape index (κ3) is 5.52. The van der Waals surface area contributed by atoms with E-state index in [0.29, 0.717) is 6.61 Å². The summed E-state index contributed by atoms with van der Waals surface area (Å²) >= 11 is 0. The molecular formula is C9H18N2O5. The number of hydrogen-bond acceptors (Lipinski definition) is 4. The van der Waals surface area contributed by atoms with Gasteiger partial charge in [-0.1, -0.05) is 0 Å². The molecule has 0 radical (unpaired) electrons. The second-order valence-corrected chi connectivity index (χ2v) is 3.53. The average molecular weight is 234 g/mol. The van der Waals surface area contributed by atoms with Crippen molar-refractivity contribution in [3.63, 3.8) is 0 Å². The lowest BCUT2D eigenvalue weighted by Crippen LogP contribution is -2.53. The smallest absolute Gasteiger partial charge is 0.328 e. The van der Waals surface area contributed by atoms with Crippen molar-refractivity contribution in [3.8, 4) is 0 Å². The van der Waals surface area contributed by atoms with Gasteiger partial charge in [-0.2, -0.15) is 0 Å². The van der Waals surface area contributed by atoms with E-state index in [4.69, 9.17) is 14.9 Å². The molecule has 0 aliphatic heterocycles. The number of aliphatic carboxylic acids is 1. The maximum absolute atomic E-state index is 11.3. The predicted molar refractivity (Wildman–Crippen MR) is 56.1 cm³/mol. The van der Waals surface area contributed by atoms with Gasteiger partial charge in [-0.05, 0) is 13.8 Å². The van der Waals surface area contributed by atoms with Crippen molar-refractivity contribution in [2.75, 3.05) is 13.7 Å². The summed E-state index contributed by atoms with van der Waals surface area (Å²) in [6, 6.07) is -2.22. The van der Waals surface area contributed by atoms with Crippen molar-refractivity contribution in [2.24, 2.45) is 0 Å². The minimum atomic E-state index is -1.32. The Hall–Kier alpha value is -1.34. The quantitative estimate of drug-likeness (QED) is 0.479. The van der Waals surface area contributed by atoms with Gasteiger partial charge in [0.2, 0.25) is 0 Å². The van der Waals surface area contributed by atoms with Gasteiger partial charge in [-0.25, -0.2) is 9.59 Å². The number of carboxylic acid groups (broad SMARTS) is 1. The third-order valence-electron chi connectivity index (χ3n) is 1.83. The van der Waals surface area contributed by atoms with Crippen molar-refractivity contribution in [1.29, 1.82) is 0 Å². The SMILES string of the molecule is COCC(C)NC(=O)NC(C(=O)O)C(C)O. The van der Waals surface area contributed by atoms with Crippen LogP contribution in [0.5, 0.6) is 0 Å². The van der Waals surface area contributed by atoms with Gasteiger partial charge >= 0.3 is 12.0 Å². The number of hydrogen-bond donors (Lipinski definition) is 4. The normalized spacial score (nSPS) is 16.0. The van der Waals surface area contributed by atoms with Crippen LogP contribution in [0.25, 0.3) is 0 Å². The lowest BCUT2D eigenvalue weighted by molar-refractivity contribution is -0.141. The molecular weight excluding hydrogens is 216 g/mol. The fraction of sp³-hybridized carbons (Fsp3) is 0.778. The highest BCUT2D eigenvalue weighted by Gasteiger charge is 2.25. The topological polar surface area (TPSA) is 108 Å². The molecule has 0 aliphatic rings. The molecule has 0 fully saturated rings. The van der Waals surface area contributed by atoms with Crippen LogP contribution in [-0.4, -0.2) is 54.1 Å². The summed E-state index contributed by atoms with van der Waals surface area (Å²) in [4.78, 5) is 22.0. The molecule has 0 aromatic heterocycles. The molecule has 3 atom stereocenters. The van der Waals surface area contributed by atoms with Crippen LogP contribution in [-0.2, 0) is 9.53 Å². The number of aliphatic hydroxyl groups excluding tert-OH is 1. The molecule has 0 saturated carbocycles. The molecule has 0 aliphatic carbocycles. The summed E-state index contributed by atoms with van der Waals surface area (Å²) in [5.41, 5.74) is 0. The molecule has 0 bridgehead atoms. The van der Waals surface area contributed by atoms with E-state index < -0.39 is 24.1 Å². The third-order valence-corrected chi connectivity index (χ3v) is 1.83. The fourth-order valence-corrected chi connectivity index (χ4v) is 1.09. The zero-order chi connectivity index (χ0) is 12.7. The molecule has 0 aromatic rings. The summed E-state index contributed by atoms with van der Waals surface area (Å²) in [7, 11) is 1.49. The Balaban J connectivity index is 4.15. The average Bonchev–Trinajstić information content (AvgIpc) is 2.13. The maximum atomic E-state index is 11.3. The van der Waals surface area contributed by atoms with Gasteiger partial charge in [0.25, 0.3) is 0 Å². The Kier molecular flexibility index (Phi) is 6.43. The molecule has 2 amide bonds. The highest BCUT2D eigenvalue weighted by molar-refractivity contribution is 5.83. The highest BCUT2D eigenvalue weighted by atomic mass is 16.5. The number of rotatable bonds is 6. The van der Waals surface area contributed by atoms with Crippen LogP contribution in [0.4, 0.5) is 4.79 Å². The van der Waals surface area contributed by atoms with Gasteiger partial charge in [-0.3, -0.25) is 0 Å². The summed E-state index contributed by atoms with van der Waals surface area (Å²) in [5.74, 6) is -1.29. The number of carbonyl (C=O) groups excluding carboxylic acids is 1. The molecule has 0 rings (SSSR count). The molecule has 0 saturated heterocycles. The summed E-state index contributed by atoms with van der Waals surface area (Å²) < 4.78 is 4.80. The summed E-state index contributed by atoms with van der Waals surface area (Å²) in [6.07, 6.45) is -1.17. The first kappa shape index (κ1) is 14.7. The highest BCUT2D eigenvalue weighted by Crippen LogP contribution is 1.93. The lowest BCUT2D eigenvalue weighted by Gasteiger charge is -2.19. The minimum absolute atomic E-state index is 0.242.